The maximum absolute atomic E-state index is 12.3. The second-order valence-corrected chi connectivity index (χ2v) is 6.80. The Kier molecular flexibility index (Phi) is 5.41. The zero-order valence-electron chi connectivity index (χ0n) is 14.8. The average Bonchev–Trinajstić information content (AvgIpc) is 3.16. The Bertz CT molecular complexity index is 884. The minimum absolute atomic E-state index is 0.227. The molecule has 1 atom stereocenters. The molecule has 0 aliphatic heterocycles. The maximum Gasteiger partial charge on any atom is 0.261 e. The Labute approximate surface area is 160 Å². The van der Waals surface area contributed by atoms with Crippen LogP contribution in [-0.4, -0.2) is 31.6 Å². The minimum Gasteiger partial charge on any atom is -0.463 e. The van der Waals surface area contributed by atoms with Crippen LogP contribution in [0, 0.1) is 6.92 Å². The van der Waals surface area contributed by atoms with Crippen molar-refractivity contribution in [3.63, 3.8) is 0 Å². The van der Waals surface area contributed by atoms with Crippen LogP contribution in [0.2, 0.25) is 0 Å². The summed E-state index contributed by atoms with van der Waals surface area (Å²) in [5.74, 6) is 0.139. The number of aromatic nitrogens is 4. The van der Waals surface area contributed by atoms with E-state index in [0.29, 0.717) is 16.9 Å². The maximum atomic E-state index is 12.3. The van der Waals surface area contributed by atoms with Gasteiger partial charge >= 0.3 is 0 Å². The van der Waals surface area contributed by atoms with Gasteiger partial charge in [0, 0.05) is 18.9 Å². The van der Waals surface area contributed by atoms with Crippen molar-refractivity contribution in [1.82, 2.24) is 24.9 Å². The second kappa shape index (κ2) is 7.74. The third-order valence-electron chi connectivity index (χ3n) is 3.92. The van der Waals surface area contributed by atoms with Gasteiger partial charge in [0.05, 0.1) is 22.4 Å². The topological polar surface area (TPSA) is 74.0 Å². The average molecular weight is 418 g/mol. The fraction of sp³-hybridized carbons (Fsp3) is 0.278. The first-order valence-corrected chi connectivity index (χ1v) is 8.98. The molecule has 0 saturated heterocycles. The van der Waals surface area contributed by atoms with E-state index in [1.54, 1.807) is 22.5 Å². The lowest BCUT2D eigenvalue weighted by molar-refractivity contribution is -0.127. The molecule has 0 saturated carbocycles. The lowest BCUT2D eigenvalue weighted by Crippen LogP contribution is -2.36. The molecular weight excluding hydrogens is 398 g/mol. The highest BCUT2D eigenvalue weighted by Crippen LogP contribution is 2.25. The molecular formula is C18H20BrN5O2. The number of hydrogen-bond donors (Lipinski definition) is 1. The van der Waals surface area contributed by atoms with Gasteiger partial charge in [-0.3, -0.25) is 9.48 Å². The van der Waals surface area contributed by atoms with Gasteiger partial charge < -0.3 is 10.1 Å². The summed E-state index contributed by atoms with van der Waals surface area (Å²) in [7, 11) is 1.87. The van der Waals surface area contributed by atoms with Crippen LogP contribution in [0.5, 0.6) is 5.88 Å². The van der Waals surface area contributed by atoms with E-state index in [2.05, 4.69) is 31.4 Å². The summed E-state index contributed by atoms with van der Waals surface area (Å²) in [5, 5.41) is 11.5. The molecule has 7 nitrogen and oxygen atoms in total. The molecule has 0 unspecified atom stereocenters. The number of carbonyl (C=O) groups excluding carboxylic acids is 1. The molecule has 0 spiro atoms. The fourth-order valence-corrected chi connectivity index (χ4v) is 2.76. The number of nitrogens with one attached hydrogen (secondary N) is 1. The van der Waals surface area contributed by atoms with Crippen molar-refractivity contribution in [2.45, 2.75) is 26.5 Å². The van der Waals surface area contributed by atoms with Gasteiger partial charge in [-0.2, -0.15) is 5.10 Å². The summed E-state index contributed by atoms with van der Waals surface area (Å²) in [5.41, 5.74) is 2.75. The van der Waals surface area contributed by atoms with Crippen molar-refractivity contribution in [2.75, 3.05) is 0 Å². The number of aryl methyl sites for hydroxylation is 2. The molecule has 0 fully saturated rings. The Balaban J connectivity index is 1.61. The van der Waals surface area contributed by atoms with Crippen LogP contribution in [0.3, 0.4) is 0 Å². The van der Waals surface area contributed by atoms with Crippen LogP contribution in [0.4, 0.5) is 0 Å². The highest BCUT2D eigenvalue weighted by molar-refractivity contribution is 9.10. The molecule has 0 radical (unpaired) electrons. The van der Waals surface area contributed by atoms with Crippen LogP contribution >= 0.6 is 15.9 Å². The zero-order valence-corrected chi connectivity index (χ0v) is 16.4. The summed E-state index contributed by atoms with van der Waals surface area (Å²) in [6.45, 7) is 4.01. The SMILES string of the molecule is Cc1cc(CNC(=O)[C@@H](C)Oc2nn(-c3ccccc3)cc2Br)nn1C. The molecule has 3 rings (SSSR count). The van der Waals surface area contributed by atoms with Crippen molar-refractivity contribution in [3.8, 4) is 11.6 Å². The number of halogens is 1. The van der Waals surface area contributed by atoms with E-state index in [-0.39, 0.29) is 5.91 Å². The van der Waals surface area contributed by atoms with Crippen LogP contribution < -0.4 is 10.1 Å². The molecule has 1 amide bonds. The van der Waals surface area contributed by atoms with Gasteiger partial charge in [0.25, 0.3) is 5.91 Å². The number of nitrogens with zero attached hydrogens (tertiary/aromatic N) is 4. The van der Waals surface area contributed by atoms with E-state index in [1.807, 2.05) is 50.4 Å². The van der Waals surface area contributed by atoms with Crippen LogP contribution in [0.1, 0.15) is 18.3 Å². The molecule has 136 valence electrons. The van der Waals surface area contributed by atoms with E-state index >= 15 is 0 Å². The minimum atomic E-state index is -0.685. The molecule has 2 aromatic heterocycles. The number of amides is 1. The third-order valence-corrected chi connectivity index (χ3v) is 4.47. The number of ether oxygens (including phenoxy) is 1. The Morgan fingerprint density at radius 3 is 2.69 bits per heavy atom. The number of hydrogen-bond acceptors (Lipinski definition) is 4. The molecule has 0 bridgehead atoms. The third kappa shape index (κ3) is 4.13. The summed E-state index contributed by atoms with van der Waals surface area (Å²) < 4.78 is 9.86. The van der Waals surface area contributed by atoms with Crippen LogP contribution in [0.15, 0.2) is 47.1 Å². The first-order valence-electron chi connectivity index (χ1n) is 8.18. The van der Waals surface area contributed by atoms with E-state index < -0.39 is 6.10 Å². The van der Waals surface area contributed by atoms with E-state index in [0.717, 1.165) is 17.1 Å². The molecule has 8 heteroatoms. The molecule has 2 heterocycles. The highest BCUT2D eigenvalue weighted by atomic mass is 79.9. The zero-order chi connectivity index (χ0) is 18.7. The first-order chi connectivity index (χ1) is 12.4. The monoisotopic (exact) mass is 417 g/mol. The molecule has 1 N–H and O–H groups in total. The number of carbonyl (C=O) groups is 1. The standard InChI is InChI=1S/C18H20BrN5O2/c1-12-9-14(21-23(12)3)10-20-17(25)13(2)26-18-16(19)11-24(22-18)15-7-5-4-6-8-15/h4-9,11,13H,10H2,1-3H3,(H,20,25)/t13-/m1/s1. The second-order valence-electron chi connectivity index (χ2n) is 5.94. The lowest BCUT2D eigenvalue weighted by atomic mass is 10.3. The van der Waals surface area contributed by atoms with Gasteiger partial charge in [0.2, 0.25) is 5.88 Å². The summed E-state index contributed by atoms with van der Waals surface area (Å²) >= 11 is 3.43. The van der Waals surface area contributed by atoms with Crippen molar-refractivity contribution in [1.29, 1.82) is 0 Å². The van der Waals surface area contributed by atoms with Crippen molar-refractivity contribution < 1.29 is 9.53 Å². The highest BCUT2D eigenvalue weighted by Gasteiger charge is 2.19. The Hall–Kier alpha value is -2.61. The van der Waals surface area contributed by atoms with Crippen LogP contribution in [0.25, 0.3) is 5.69 Å². The molecule has 3 aromatic rings. The quantitative estimate of drug-likeness (QED) is 0.668. The lowest BCUT2D eigenvalue weighted by Gasteiger charge is -2.12. The summed E-state index contributed by atoms with van der Waals surface area (Å²) in [4.78, 5) is 12.3. The smallest absolute Gasteiger partial charge is 0.261 e. The van der Waals surface area contributed by atoms with Crippen molar-refractivity contribution in [3.05, 3.63) is 58.5 Å². The fourth-order valence-electron chi connectivity index (χ4n) is 2.39. The number of benzene rings is 1. The molecule has 26 heavy (non-hydrogen) atoms. The van der Waals surface area contributed by atoms with Gasteiger partial charge in [-0.15, -0.1) is 5.10 Å². The van der Waals surface area contributed by atoms with E-state index in [4.69, 9.17) is 4.74 Å². The Morgan fingerprint density at radius 2 is 2.04 bits per heavy atom. The Morgan fingerprint density at radius 1 is 1.31 bits per heavy atom. The predicted molar refractivity (Wildman–Crippen MR) is 101 cm³/mol. The van der Waals surface area contributed by atoms with Gasteiger partial charge in [-0.1, -0.05) is 18.2 Å². The number of para-hydroxylation sites is 1. The number of rotatable bonds is 6. The van der Waals surface area contributed by atoms with Gasteiger partial charge in [0.1, 0.15) is 0 Å². The first kappa shape index (κ1) is 18.2. The van der Waals surface area contributed by atoms with Gasteiger partial charge in [-0.25, -0.2) is 4.68 Å². The van der Waals surface area contributed by atoms with Crippen molar-refractivity contribution >= 4 is 21.8 Å². The van der Waals surface area contributed by atoms with Crippen LogP contribution in [-0.2, 0) is 18.4 Å². The van der Waals surface area contributed by atoms with Gasteiger partial charge in [-0.05, 0) is 48.0 Å². The predicted octanol–water partition coefficient (Wildman–Crippen LogP) is 2.76. The van der Waals surface area contributed by atoms with E-state index in [1.165, 1.54) is 0 Å². The molecule has 1 aromatic carbocycles. The summed E-state index contributed by atoms with van der Waals surface area (Å²) in [6, 6.07) is 11.6. The molecule has 0 aliphatic carbocycles. The molecule has 0 aliphatic rings. The van der Waals surface area contributed by atoms with E-state index in [9.17, 15) is 4.79 Å². The largest absolute Gasteiger partial charge is 0.463 e. The normalized spacial score (nSPS) is 12.0. The van der Waals surface area contributed by atoms with Crippen molar-refractivity contribution in [2.24, 2.45) is 7.05 Å². The van der Waals surface area contributed by atoms with Gasteiger partial charge in [0.15, 0.2) is 6.10 Å². The summed E-state index contributed by atoms with van der Waals surface area (Å²) in [6.07, 6.45) is 1.11.